The van der Waals surface area contributed by atoms with Gasteiger partial charge in [0, 0.05) is 18.8 Å². The zero-order chi connectivity index (χ0) is 14.4. The molecule has 0 aromatic heterocycles. The molecule has 114 valence electrons. The van der Waals surface area contributed by atoms with Crippen LogP contribution in [-0.2, 0) is 21.2 Å². The van der Waals surface area contributed by atoms with Crippen LogP contribution in [0.25, 0.3) is 0 Å². The highest BCUT2D eigenvalue weighted by Gasteiger charge is 2.42. The number of hydrogen-bond donors (Lipinski definition) is 1. The molecule has 0 radical (unpaired) electrons. The normalized spacial score (nSPS) is 29.0. The smallest absolute Gasteiger partial charge is 0.243 e. The minimum Gasteiger partial charge on any atom is -0.384 e. The van der Waals surface area contributed by atoms with Crippen molar-refractivity contribution in [2.45, 2.75) is 42.7 Å². The summed E-state index contributed by atoms with van der Waals surface area (Å²) < 4.78 is 33.4. The van der Waals surface area contributed by atoms with Gasteiger partial charge in [0.25, 0.3) is 0 Å². The van der Waals surface area contributed by atoms with E-state index in [1.165, 1.54) is 0 Å². The summed E-state index contributed by atoms with van der Waals surface area (Å²) in [4.78, 5) is 0.428. The van der Waals surface area contributed by atoms with Gasteiger partial charge in [-0.25, -0.2) is 8.42 Å². The van der Waals surface area contributed by atoms with Gasteiger partial charge in [-0.15, -0.1) is 0 Å². The van der Waals surface area contributed by atoms with Gasteiger partial charge in [0.1, 0.15) is 0 Å². The van der Waals surface area contributed by atoms with Crippen molar-refractivity contribution in [1.82, 2.24) is 4.31 Å². The van der Waals surface area contributed by atoms with Gasteiger partial charge in [0.2, 0.25) is 10.0 Å². The van der Waals surface area contributed by atoms with E-state index in [1.807, 2.05) is 12.1 Å². The number of benzene rings is 1. The Labute approximate surface area is 125 Å². The summed E-state index contributed by atoms with van der Waals surface area (Å²) in [5.74, 6) is 0. The van der Waals surface area contributed by atoms with Crippen LogP contribution in [-0.4, -0.2) is 44.6 Å². The number of morpholine rings is 1. The summed E-state index contributed by atoms with van der Waals surface area (Å²) >= 11 is 0. The van der Waals surface area contributed by atoms with E-state index in [0.29, 0.717) is 18.0 Å². The number of nitrogens with zero attached hydrogens (tertiary/aromatic N) is 1. The molecule has 1 saturated carbocycles. The standard InChI is InChI=1S/C15H20N2O3S/c18-21(19,12-4-5-13-11(10-12)6-7-16-13)17-8-9-20-15-3-1-2-14(15)17/h4-5,10,14-16H,1-3,6-9H2. The van der Waals surface area contributed by atoms with Crippen molar-refractivity contribution in [2.75, 3.05) is 25.0 Å². The van der Waals surface area contributed by atoms with Crippen LogP contribution in [0.4, 0.5) is 5.69 Å². The van der Waals surface area contributed by atoms with Crippen LogP contribution in [0.3, 0.4) is 0 Å². The number of nitrogens with one attached hydrogen (secondary N) is 1. The van der Waals surface area contributed by atoms with Gasteiger partial charge in [-0.1, -0.05) is 0 Å². The zero-order valence-electron chi connectivity index (χ0n) is 11.9. The van der Waals surface area contributed by atoms with E-state index in [4.69, 9.17) is 4.74 Å². The van der Waals surface area contributed by atoms with Gasteiger partial charge in [-0.05, 0) is 49.4 Å². The Kier molecular flexibility index (Phi) is 3.20. The Bertz CT molecular complexity index is 659. The largest absolute Gasteiger partial charge is 0.384 e. The average molecular weight is 308 g/mol. The molecule has 1 saturated heterocycles. The maximum Gasteiger partial charge on any atom is 0.243 e. The molecular weight excluding hydrogens is 288 g/mol. The molecule has 4 rings (SSSR count). The van der Waals surface area contributed by atoms with Crippen LogP contribution >= 0.6 is 0 Å². The predicted octanol–water partition coefficient (Wildman–Crippen LogP) is 1.60. The molecule has 2 aliphatic heterocycles. The Morgan fingerprint density at radius 2 is 2.19 bits per heavy atom. The second kappa shape index (κ2) is 4.97. The molecule has 0 bridgehead atoms. The lowest BCUT2D eigenvalue weighted by atomic mass is 10.2. The first kappa shape index (κ1) is 13.5. The summed E-state index contributed by atoms with van der Waals surface area (Å²) in [6.45, 7) is 1.87. The topological polar surface area (TPSA) is 58.6 Å². The molecule has 2 heterocycles. The highest BCUT2D eigenvalue weighted by atomic mass is 32.2. The summed E-state index contributed by atoms with van der Waals surface area (Å²) in [7, 11) is -3.41. The number of ether oxygens (including phenoxy) is 1. The number of anilines is 1. The molecule has 2 unspecified atom stereocenters. The van der Waals surface area contributed by atoms with Crippen LogP contribution < -0.4 is 5.32 Å². The molecule has 1 aromatic carbocycles. The fourth-order valence-corrected chi connectivity index (χ4v) is 5.48. The molecule has 2 fully saturated rings. The highest BCUT2D eigenvalue weighted by Crippen LogP contribution is 2.34. The summed E-state index contributed by atoms with van der Waals surface area (Å²) in [6.07, 6.45) is 3.93. The summed E-state index contributed by atoms with van der Waals surface area (Å²) in [5, 5.41) is 3.27. The quantitative estimate of drug-likeness (QED) is 0.901. The minimum absolute atomic E-state index is 0.0233. The maximum absolute atomic E-state index is 13.0. The fourth-order valence-electron chi connectivity index (χ4n) is 3.77. The van der Waals surface area contributed by atoms with Crippen LogP contribution in [0.2, 0.25) is 0 Å². The molecule has 1 aromatic rings. The van der Waals surface area contributed by atoms with Gasteiger partial charge in [0.15, 0.2) is 0 Å². The van der Waals surface area contributed by atoms with Crippen molar-refractivity contribution in [1.29, 1.82) is 0 Å². The first-order chi connectivity index (χ1) is 10.2. The number of sulfonamides is 1. The predicted molar refractivity (Wildman–Crippen MR) is 79.9 cm³/mol. The van der Waals surface area contributed by atoms with E-state index in [1.54, 1.807) is 10.4 Å². The van der Waals surface area contributed by atoms with E-state index in [2.05, 4.69) is 5.32 Å². The third kappa shape index (κ3) is 2.17. The minimum atomic E-state index is -3.41. The molecule has 2 atom stereocenters. The second-order valence-electron chi connectivity index (χ2n) is 6.02. The van der Waals surface area contributed by atoms with E-state index in [9.17, 15) is 8.42 Å². The van der Waals surface area contributed by atoms with E-state index < -0.39 is 10.0 Å². The molecule has 1 aliphatic carbocycles. The first-order valence-electron chi connectivity index (χ1n) is 7.66. The van der Waals surface area contributed by atoms with Gasteiger partial charge >= 0.3 is 0 Å². The third-order valence-electron chi connectivity index (χ3n) is 4.82. The molecular formula is C15H20N2O3S. The summed E-state index contributed by atoms with van der Waals surface area (Å²) in [6, 6.07) is 5.48. The summed E-state index contributed by atoms with van der Waals surface area (Å²) in [5.41, 5.74) is 2.17. The second-order valence-corrected chi connectivity index (χ2v) is 7.91. The highest BCUT2D eigenvalue weighted by molar-refractivity contribution is 7.89. The Morgan fingerprint density at radius 1 is 1.29 bits per heavy atom. The Hall–Kier alpha value is -1.11. The van der Waals surface area contributed by atoms with E-state index >= 15 is 0 Å². The van der Waals surface area contributed by atoms with Crippen molar-refractivity contribution < 1.29 is 13.2 Å². The molecule has 0 spiro atoms. The van der Waals surface area contributed by atoms with Crippen molar-refractivity contribution in [3.63, 3.8) is 0 Å². The molecule has 5 nitrogen and oxygen atoms in total. The van der Waals surface area contributed by atoms with Crippen LogP contribution in [0, 0.1) is 0 Å². The molecule has 0 amide bonds. The lowest BCUT2D eigenvalue weighted by molar-refractivity contribution is -0.0241. The SMILES string of the molecule is O=S(=O)(c1ccc2c(c1)CCN2)N1CCOC2CCCC21. The fraction of sp³-hybridized carbons (Fsp3) is 0.600. The Balaban J connectivity index is 1.69. The maximum atomic E-state index is 13.0. The number of hydrogen-bond acceptors (Lipinski definition) is 4. The van der Waals surface area contributed by atoms with Crippen LogP contribution in [0.1, 0.15) is 24.8 Å². The van der Waals surface area contributed by atoms with Gasteiger partial charge in [-0.3, -0.25) is 0 Å². The zero-order valence-corrected chi connectivity index (χ0v) is 12.7. The van der Waals surface area contributed by atoms with Crippen LogP contribution in [0.15, 0.2) is 23.1 Å². The number of rotatable bonds is 2. The average Bonchev–Trinajstić information content (AvgIpc) is 3.14. The first-order valence-corrected chi connectivity index (χ1v) is 9.10. The molecule has 21 heavy (non-hydrogen) atoms. The van der Waals surface area contributed by atoms with Crippen LogP contribution in [0.5, 0.6) is 0 Å². The van der Waals surface area contributed by atoms with Crippen molar-refractivity contribution in [3.8, 4) is 0 Å². The van der Waals surface area contributed by atoms with Gasteiger partial charge in [0.05, 0.1) is 23.6 Å². The molecule has 3 aliphatic rings. The lowest BCUT2D eigenvalue weighted by Gasteiger charge is -2.36. The van der Waals surface area contributed by atoms with Gasteiger partial charge < -0.3 is 10.1 Å². The van der Waals surface area contributed by atoms with Crippen molar-refractivity contribution in [3.05, 3.63) is 23.8 Å². The van der Waals surface area contributed by atoms with E-state index in [0.717, 1.165) is 43.5 Å². The monoisotopic (exact) mass is 308 g/mol. The van der Waals surface area contributed by atoms with Crippen molar-refractivity contribution >= 4 is 15.7 Å². The van der Waals surface area contributed by atoms with E-state index in [-0.39, 0.29) is 12.1 Å². The van der Waals surface area contributed by atoms with Crippen molar-refractivity contribution in [2.24, 2.45) is 0 Å². The Morgan fingerprint density at radius 3 is 3.10 bits per heavy atom. The van der Waals surface area contributed by atoms with Gasteiger partial charge in [-0.2, -0.15) is 4.31 Å². The molecule has 1 N–H and O–H groups in total. The number of fused-ring (bicyclic) bond motifs is 2. The lowest BCUT2D eigenvalue weighted by Crippen LogP contribution is -2.51. The molecule has 6 heteroatoms. The third-order valence-corrected chi connectivity index (χ3v) is 6.74.